The van der Waals surface area contributed by atoms with Gasteiger partial charge < -0.3 is 9.73 Å². The highest BCUT2D eigenvalue weighted by molar-refractivity contribution is 7.85. The predicted octanol–water partition coefficient (Wildman–Crippen LogP) is 0.819. The number of nitrogens with one attached hydrogen (secondary N) is 2. The molecule has 0 atom stereocenters. The number of aromatic amines is 1. The Hall–Kier alpha value is -1.64. The van der Waals surface area contributed by atoms with Gasteiger partial charge in [0.25, 0.3) is 10.1 Å². The molecule has 0 saturated carbocycles. The average Bonchev–Trinajstić information content (AvgIpc) is 2.95. The molecule has 1 aliphatic rings. The molecule has 3 heterocycles. The summed E-state index contributed by atoms with van der Waals surface area (Å²) >= 11 is 0. The molecule has 0 saturated heterocycles. The number of fused-ring (bicyclic) bond motifs is 1. The third-order valence-corrected chi connectivity index (χ3v) is 2.56. The van der Waals surface area contributed by atoms with E-state index in [-0.39, 0.29) is 0 Å². The van der Waals surface area contributed by atoms with E-state index < -0.39 is 10.1 Å². The predicted molar refractivity (Wildman–Crippen MR) is 69.2 cm³/mol. The molecule has 0 unspecified atom stereocenters. The number of hydrogen-bond donors (Lipinski definition) is 3. The Bertz CT molecular complexity index is 623. The van der Waals surface area contributed by atoms with E-state index >= 15 is 0 Å². The molecule has 0 aromatic carbocycles. The number of H-pyrrole nitrogens is 1. The van der Waals surface area contributed by atoms with E-state index in [2.05, 4.69) is 15.5 Å². The van der Waals surface area contributed by atoms with Crippen LogP contribution in [0.15, 0.2) is 22.8 Å². The Morgan fingerprint density at radius 3 is 2.84 bits per heavy atom. The van der Waals surface area contributed by atoms with Gasteiger partial charge in [0.2, 0.25) is 0 Å². The fraction of sp³-hybridized carbons (Fsp3) is 0.364. The quantitative estimate of drug-likeness (QED) is 0.669. The van der Waals surface area contributed by atoms with Crippen LogP contribution in [0.1, 0.15) is 11.3 Å². The smallest absolute Gasteiger partial charge is 0.261 e. The zero-order chi connectivity index (χ0) is 13.9. The molecule has 0 amide bonds. The van der Waals surface area contributed by atoms with Gasteiger partial charge in [-0.05, 0) is 12.1 Å². The Morgan fingerprint density at radius 2 is 2.21 bits per heavy atom. The molecular weight excluding hydrogens is 270 g/mol. The molecule has 2 aromatic rings. The van der Waals surface area contributed by atoms with Crippen LogP contribution in [0, 0.1) is 0 Å². The molecule has 7 nitrogen and oxygen atoms in total. The van der Waals surface area contributed by atoms with Crippen molar-refractivity contribution < 1.29 is 17.4 Å². The molecule has 104 valence electrons. The van der Waals surface area contributed by atoms with E-state index in [1.807, 2.05) is 12.1 Å². The maximum atomic E-state index is 9.19. The summed E-state index contributed by atoms with van der Waals surface area (Å²) in [6.45, 7) is 1.90. The van der Waals surface area contributed by atoms with Gasteiger partial charge in [-0.3, -0.25) is 9.65 Å². The summed E-state index contributed by atoms with van der Waals surface area (Å²) in [6, 6.07) is 3.82. The number of nitrogens with zero attached hydrogens (tertiary/aromatic N) is 1. The van der Waals surface area contributed by atoms with Gasteiger partial charge in [0.15, 0.2) is 5.76 Å². The second-order valence-corrected chi connectivity index (χ2v) is 5.63. The first-order chi connectivity index (χ1) is 8.95. The van der Waals surface area contributed by atoms with Crippen LogP contribution < -0.4 is 5.32 Å². The molecule has 2 aromatic heterocycles. The van der Waals surface area contributed by atoms with E-state index in [1.165, 1.54) is 11.3 Å². The Labute approximate surface area is 110 Å². The molecule has 3 N–H and O–H groups in total. The van der Waals surface area contributed by atoms with E-state index in [1.54, 1.807) is 6.26 Å². The zero-order valence-electron chi connectivity index (χ0n) is 10.4. The second-order valence-electron chi connectivity index (χ2n) is 4.17. The topological polar surface area (TPSA) is 108 Å². The van der Waals surface area contributed by atoms with Crippen molar-refractivity contribution in [3.05, 3.63) is 29.7 Å². The van der Waals surface area contributed by atoms with Crippen LogP contribution in [-0.4, -0.2) is 36.0 Å². The number of hydrogen-bond acceptors (Lipinski definition) is 5. The molecule has 0 fully saturated rings. The third-order valence-electron chi connectivity index (χ3n) is 2.56. The zero-order valence-corrected chi connectivity index (χ0v) is 11.2. The molecule has 0 bridgehead atoms. The van der Waals surface area contributed by atoms with E-state index in [4.69, 9.17) is 8.97 Å². The Balaban J connectivity index is 0.000000232. The summed E-state index contributed by atoms with van der Waals surface area (Å²) in [5.41, 5.74) is 3.42. The number of aromatic nitrogens is 2. The Kier molecular flexibility index (Phi) is 4.03. The average molecular weight is 285 g/mol. The first kappa shape index (κ1) is 13.8. The van der Waals surface area contributed by atoms with Crippen molar-refractivity contribution in [3.8, 4) is 11.5 Å². The van der Waals surface area contributed by atoms with Gasteiger partial charge in [-0.2, -0.15) is 13.5 Å². The first-order valence-corrected chi connectivity index (χ1v) is 7.53. The van der Waals surface area contributed by atoms with Crippen LogP contribution >= 0.6 is 0 Å². The molecule has 19 heavy (non-hydrogen) atoms. The minimum Gasteiger partial charge on any atom is -0.463 e. The normalized spacial score (nSPS) is 14.4. The van der Waals surface area contributed by atoms with Crippen LogP contribution in [-0.2, 0) is 23.1 Å². The standard InChI is InChI=1S/C10H11N3O.CH4O3S/c1-2-9(14-5-1)10-7-6-11-4-3-8(7)12-13-10;1-5(2,3)4/h1-2,5,11H,3-4,6H2,(H,12,13);1H3,(H,2,3,4). The van der Waals surface area contributed by atoms with Crippen molar-refractivity contribution in [2.24, 2.45) is 0 Å². The van der Waals surface area contributed by atoms with Crippen LogP contribution in [0.5, 0.6) is 0 Å². The highest BCUT2D eigenvalue weighted by Gasteiger charge is 2.18. The number of rotatable bonds is 1. The van der Waals surface area contributed by atoms with Crippen LogP contribution in [0.4, 0.5) is 0 Å². The maximum Gasteiger partial charge on any atom is 0.261 e. The van der Waals surface area contributed by atoms with Gasteiger partial charge in [0.1, 0.15) is 5.69 Å². The molecular formula is C11H15N3O4S. The summed E-state index contributed by atoms with van der Waals surface area (Å²) in [5.74, 6) is 0.839. The molecule has 8 heteroatoms. The summed E-state index contributed by atoms with van der Waals surface area (Å²) in [7, 11) is -3.67. The van der Waals surface area contributed by atoms with Crippen LogP contribution in [0.2, 0.25) is 0 Å². The highest BCUT2D eigenvalue weighted by Crippen LogP contribution is 2.25. The fourth-order valence-corrected chi connectivity index (χ4v) is 1.84. The summed E-state index contributed by atoms with van der Waals surface area (Å²) < 4.78 is 31.2. The lowest BCUT2D eigenvalue weighted by Crippen LogP contribution is -2.23. The van der Waals surface area contributed by atoms with E-state index in [0.717, 1.165) is 31.0 Å². The lowest BCUT2D eigenvalue weighted by Gasteiger charge is -2.11. The minimum absolute atomic E-state index is 0.715. The van der Waals surface area contributed by atoms with Crippen molar-refractivity contribution >= 4 is 10.1 Å². The first-order valence-electron chi connectivity index (χ1n) is 5.68. The SMILES string of the molecule is CS(=O)(=O)O.c1coc(-c2n[nH]c3c2CNCC3)c1. The van der Waals surface area contributed by atoms with E-state index in [9.17, 15) is 8.42 Å². The lowest BCUT2D eigenvalue weighted by atomic mass is 10.1. The van der Waals surface area contributed by atoms with Crippen LogP contribution in [0.3, 0.4) is 0 Å². The van der Waals surface area contributed by atoms with Gasteiger partial charge in [0, 0.05) is 30.8 Å². The summed E-state index contributed by atoms with van der Waals surface area (Å²) in [4.78, 5) is 0. The van der Waals surface area contributed by atoms with E-state index in [0.29, 0.717) is 6.26 Å². The maximum absolute atomic E-state index is 9.19. The highest BCUT2D eigenvalue weighted by atomic mass is 32.2. The van der Waals surface area contributed by atoms with Crippen molar-refractivity contribution in [1.82, 2.24) is 15.5 Å². The second kappa shape index (κ2) is 5.55. The molecule has 0 aliphatic carbocycles. The fourth-order valence-electron chi connectivity index (χ4n) is 1.84. The largest absolute Gasteiger partial charge is 0.463 e. The summed E-state index contributed by atoms with van der Waals surface area (Å²) in [5, 5.41) is 10.7. The molecule has 0 radical (unpaired) electrons. The van der Waals surface area contributed by atoms with Gasteiger partial charge in [-0.1, -0.05) is 0 Å². The van der Waals surface area contributed by atoms with Gasteiger partial charge in [0.05, 0.1) is 12.5 Å². The lowest BCUT2D eigenvalue weighted by molar-refractivity contribution is 0.490. The van der Waals surface area contributed by atoms with Crippen molar-refractivity contribution in [1.29, 1.82) is 0 Å². The van der Waals surface area contributed by atoms with Gasteiger partial charge >= 0.3 is 0 Å². The van der Waals surface area contributed by atoms with Crippen molar-refractivity contribution in [2.75, 3.05) is 12.8 Å². The molecule has 3 rings (SSSR count). The van der Waals surface area contributed by atoms with Gasteiger partial charge in [-0.25, -0.2) is 0 Å². The van der Waals surface area contributed by atoms with Gasteiger partial charge in [-0.15, -0.1) is 0 Å². The van der Waals surface area contributed by atoms with Crippen molar-refractivity contribution in [2.45, 2.75) is 13.0 Å². The third kappa shape index (κ3) is 3.91. The molecule has 0 spiro atoms. The summed E-state index contributed by atoms with van der Waals surface area (Å²) in [6.07, 6.45) is 3.41. The molecule has 1 aliphatic heterocycles. The Morgan fingerprint density at radius 1 is 1.47 bits per heavy atom. The van der Waals surface area contributed by atoms with Crippen LogP contribution in [0.25, 0.3) is 11.5 Å². The minimum atomic E-state index is -3.67. The number of furan rings is 1. The van der Waals surface area contributed by atoms with Crippen molar-refractivity contribution in [3.63, 3.8) is 0 Å². The monoisotopic (exact) mass is 285 g/mol.